The molecule has 0 unspecified atom stereocenters. The smallest absolute Gasteiger partial charge is 0.255 e. The van der Waals surface area contributed by atoms with Crippen LogP contribution in [0.5, 0.6) is 5.75 Å². The van der Waals surface area contributed by atoms with Crippen LogP contribution >= 0.6 is 0 Å². The molecule has 0 radical (unpaired) electrons. The first-order valence-electron chi connectivity index (χ1n) is 15.0. The van der Waals surface area contributed by atoms with Gasteiger partial charge in [0.1, 0.15) is 11.9 Å². The molecule has 2 aliphatic carbocycles. The van der Waals surface area contributed by atoms with E-state index in [9.17, 15) is 14.7 Å². The highest BCUT2D eigenvalue weighted by atomic mass is 16.5. The molecule has 3 heterocycles. The maximum Gasteiger partial charge on any atom is 0.255 e. The van der Waals surface area contributed by atoms with Crippen LogP contribution in [0.15, 0.2) is 18.2 Å². The van der Waals surface area contributed by atoms with Crippen molar-refractivity contribution in [3.8, 4) is 5.75 Å². The molecule has 2 saturated carbocycles. The van der Waals surface area contributed by atoms with Gasteiger partial charge in [0, 0.05) is 31.6 Å². The average molecular weight is 526 g/mol. The number of carbonyl (C=O) groups excluding carboxylic acids is 2. The molecular formula is C30H43N3O5. The van der Waals surface area contributed by atoms with Gasteiger partial charge in [0.15, 0.2) is 0 Å². The number of carbonyl (C=O) groups is 2. The Kier molecular flexibility index (Phi) is 7.91. The van der Waals surface area contributed by atoms with Crippen LogP contribution in [0, 0.1) is 0 Å². The molecule has 2 amide bonds. The number of hydrogen-bond donors (Lipinski definition) is 3. The Labute approximate surface area is 225 Å². The van der Waals surface area contributed by atoms with Gasteiger partial charge in [0.2, 0.25) is 5.91 Å². The summed E-state index contributed by atoms with van der Waals surface area (Å²) in [5.41, 5.74) is 1.82. The van der Waals surface area contributed by atoms with E-state index in [-0.39, 0.29) is 30.0 Å². The Morgan fingerprint density at radius 2 is 1.74 bits per heavy atom. The van der Waals surface area contributed by atoms with Gasteiger partial charge in [-0.25, -0.2) is 0 Å². The van der Waals surface area contributed by atoms with Gasteiger partial charge < -0.3 is 25.2 Å². The van der Waals surface area contributed by atoms with E-state index < -0.39 is 12.2 Å². The van der Waals surface area contributed by atoms with E-state index in [4.69, 9.17) is 9.47 Å². The Hall–Kier alpha value is -2.16. The van der Waals surface area contributed by atoms with Crippen LogP contribution in [0.25, 0.3) is 0 Å². The van der Waals surface area contributed by atoms with E-state index in [1.807, 2.05) is 6.07 Å². The van der Waals surface area contributed by atoms with E-state index in [0.29, 0.717) is 62.2 Å². The SMILES string of the molecule is O=C1N[C@H]2C[C@@H](C(=O)NC[C@H]3O[C@H](CCOc4cc(C5CCCC5)ccc41)CC[C@@H]3O)N(C1CCCC1)C2. The fourth-order valence-electron chi connectivity index (χ4n) is 7.45. The number of ether oxygens (including phenoxy) is 2. The predicted molar refractivity (Wildman–Crippen MR) is 143 cm³/mol. The highest BCUT2D eigenvalue weighted by Crippen LogP contribution is 2.37. The molecule has 4 bridgehead atoms. The van der Waals surface area contributed by atoms with E-state index in [1.165, 1.54) is 44.1 Å². The fourth-order valence-corrected chi connectivity index (χ4v) is 7.45. The lowest BCUT2D eigenvalue weighted by Gasteiger charge is -2.35. The summed E-state index contributed by atoms with van der Waals surface area (Å²) in [6.45, 7) is 1.42. The standard InChI is InChI=1S/C30H43N3O5/c34-26-12-10-23-13-14-37-27-15-20(19-5-1-2-6-19)9-11-24(27)29(35)32-21-16-25(30(36)31-17-28(26)38-23)33(18-21)22-7-3-4-8-22/h9,11,15,19,21-23,25-26,28,34H,1-8,10,12-14,16-18H2,(H,31,36)(H,32,35)/t21-,23-,25-,26-,28+/m0/s1. The predicted octanol–water partition coefficient (Wildman–Crippen LogP) is 3.27. The van der Waals surface area contributed by atoms with E-state index >= 15 is 0 Å². The summed E-state index contributed by atoms with van der Waals surface area (Å²) in [6, 6.07) is 6.10. The minimum absolute atomic E-state index is 0.0244. The second kappa shape index (κ2) is 11.5. The molecule has 3 N–H and O–H groups in total. The number of fused-ring (bicyclic) bond motifs is 5. The molecule has 208 valence electrons. The zero-order valence-electron chi connectivity index (χ0n) is 22.4. The van der Waals surface area contributed by atoms with Crippen LogP contribution in [0.2, 0.25) is 0 Å². The zero-order valence-corrected chi connectivity index (χ0v) is 22.4. The van der Waals surface area contributed by atoms with Crippen molar-refractivity contribution in [3.05, 3.63) is 29.3 Å². The first-order valence-corrected chi connectivity index (χ1v) is 15.0. The molecule has 38 heavy (non-hydrogen) atoms. The van der Waals surface area contributed by atoms with Crippen molar-refractivity contribution in [3.63, 3.8) is 0 Å². The Bertz CT molecular complexity index is 1010. The molecule has 0 aromatic heterocycles. The van der Waals surface area contributed by atoms with Gasteiger partial charge in [-0.2, -0.15) is 0 Å². The topological polar surface area (TPSA) is 100 Å². The van der Waals surface area contributed by atoms with Crippen molar-refractivity contribution in [1.82, 2.24) is 15.5 Å². The summed E-state index contributed by atoms with van der Waals surface area (Å²) in [7, 11) is 0. The molecule has 0 spiro atoms. The quantitative estimate of drug-likeness (QED) is 0.548. The van der Waals surface area contributed by atoms with Gasteiger partial charge in [-0.15, -0.1) is 0 Å². The maximum absolute atomic E-state index is 13.6. The van der Waals surface area contributed by atoms with Gasteiger partial charge in [-0.05, 0) is 68.6 Å². The van der Waals surface area contributed by atoms with Crippen molar-refractivity contribution in [2.75, 3.05) is 19.7 Å². The molecule has 4 fully saturated rings. The van der Waals surface area contributed by atoms with Crippen molar-refractivity contribution < 1.29 is 24.2 Å². The molecule has 8 nitrogen and oxygen atoms in total. The third-order valence-electron chi connectivity index (χ3n) is 9.60. The Morgan fingerprint density at radius 1 is 0.947 bits per heavy atom. The Balaban J connectivity index is 1.27. The van der Waals surface area contributed by atoms with Crippen LogP contribution in [-0.4, -0.2) is 78.0 Å². The number of amides is 2. The number of nitrogens with one attached hydrogen (secondary N) is 2. The van der Waals surface area contributed by atoms with Crippen LogP contribution in [0.1, 0.15) is 98.9 Å². The van der Waals surface area contributed by atoms with E-state index in [0.717, 1.165) is 19.3 Å². The average Bonchev–Trinajstić information content (AvgIpc) is 3.70. The number of hydrogen-bond acceptors (Lipinski definition) is 6. The van der Waals surface area contributed by atoms with Gasteiger partial charge in [-0.3, -0.25) is 14.5 Å². The molecule has 1 aromatic carbocycles. The van der Waals surface area contributed by atoms with Crippen molar-refractivity contribution >= 4 is 11.8 Å². The first-order chi connectivity index (χ1) is 18.5. The summed E-state index contributed by atoms with van der Waals surface area (Å²) < 4.78 is 12.5. The summed E-state index contributed by atoms with van der Waals surface area (Å²) in [5, 5.41) is 16.9. The molecule has 3 aliphatic heterocycles. The minimum atomic E-state index is -0.581. The summed E-state index contributed by atoms with van der Waals surface area (Å²) >= 11 is 0. The number of aliphatic hydroxyl groups excluding tert-OH is 1. The molecule has 5 atom stereocenters. The summed E-state index contributed by atoms with van der Waals surface area (Å²) in [5.74, 6) is 1.03. The lowest BCUT2D eigenvalue weighted by Crippen LogP contribution is -2.51. The third-order valence-corrected chi connectivity index (χ3v) is 9.60. The van der Waals surface area contributed by atoms with Gasteiger partial charge in [0.25, 0.3) is 5.91 Å². The molecule has 1 aromatic rings. The van der Waals surface area contributed by atoms with Crippen LogP contribution in [0.4, 0.5) is 0 Å². The first kappa shape index (κ1) is 26.1. The normalized spacial score (nSPS) is 34.0. The highest BCUT2D eigenvalue weighted by molar-refractivity contribution is 5.97. The number of benzene rings is 1. The van der Waals surface area contributed by atoms with Crippen molar-refractivity contribution in [2.24, 2.45) is 0 Å². The summed E-state index contributed by atoms with van der Waals surface area (Å²) in [4.78, 5) is 29.3. The number of aliphatic hydroxyl groups is 1. The zero-order chi connectivity index (χ0) is 26.1. The fraction of sp³-hybridized carbons (Fsp3) is 0.733. The minimum Gasteiger partial charge on any atom is -0.493 e. The number of rotatable bonds is 2. The van der Waals surface area contributed by atoms with Crippen LogP contribution in [0.3, 0.4) is 0 Å². The second-order valence-electron chi connectivity index (χ2n) is 12.1. The number of nitrogens with zero attached hydrogens (tertiary/aromatic N) is 1. The molecule has 8 heteroatoms. The second-order valence-corrected chi connectivity index (χ2v) is 12.1. The highest BCUT2D eigenvalue weighted by Gasteiger charge is 2.42. The van der Waals surface area contributed by atoms with Crippen LogP contribution < -0.4 is 15.4 Å². The lowest BCUT2D eigenvalue weighted by molar-refractivity contribution is -0.134. The maximum atomic E-state index is 13.6. The summed E-state index contributed by atoms with van der Waals surface area (Å²) in [6.07, 6.45) is 11.1. The molecule has 5 aliphatic rings. The number of likely N-dealkylation sites (tertiary alicyclic amines) is 1. The van der Waals surface area contributed by atoms with E-state index in [1.54, 1.807) is 0 Å². The van der Waals surface area contributed by atoms with Crippen molar-refractivity contribution in [1.29, 1.82) is 0 Å². The van der Waals surface area contributed by atoms with Crippen molar-refractivity contribution in [2.45, 2.75) is 119 Å². The largest absolute Gasteiger partial charge is 0.493 e. The van der Waals surface area contributed by atoms with E-state index in [2.05, 4.69) is 27.7 Å². The molecule has 2 saturated heterocycles. The molecular weight excluding hydrogens is 482 g/mol. The van der Waals surface area contributed by atoms with Crippen LogP contribution in [-0.2, 0) is 9.53 Å². The lowest BCUT2D eigenvalue weighted by atomic mass is 9.95. The monoisotopic (exact) mass is 525 g/mol. The third kappa shape index (κ3) is 5.58. The van der Waals surface area contributed by atoms with Gasteiger partial charge >= 0.3 is 0 Å². The molecule has 6 rings (SSSR count). The Morgan fingerprint density at radius 3 is 2.55 bits per heavy atom. The van der Waals surface area contributed by atoms with Gasteiger partial charge in [-0.1, -0.05) is 31.7 Å². The van der Waals surface area contributed by atoms with Gasteiger partial charge in [0.05, 0.1) is 30.4 Å².